The lowest BCUT2D eigenvalue weighted by Gasteiger charge is -2.10. The van der Waals surface area contributed by atoms with E-state index < -0.39 is 5.97 Å². The van der Waals surface area contributed by atoms with Crippen LogP contribution in [0.1, 0.15) is 15.9 Å². The van der Waals surface area contributed by atoms with Gasteiger partial charge in [-0.25, -0.2) is 4.79 Å². The number of halogens is 2. The Balaban J connectivity index is 2.27. The zero-order valence-corrected chi connectivity index (χ0v) is 14.3. The number of carbonyl (C=O) groups is 2. The van der Waals surface area contributed by atoms with Gasteiger partial charge in [0.15, 0.2) is 6.29 Å². The van der Waals surface area contributed by atoms with Gasteiger partial charge in [-0.15, -0.1) is 0 Å². The van der Waals surface area contributed by atoms with Crippen LogP contribution in [0.15, 0.2) is 48.0 Å². The maximum Gasteiger partial charge on any atom is 0.337 e. The minimum Gasteiger partial charge on any atom is -0.488 e. The summed E-state index contributed by atoms with van der Waals surface area (Å²) >= 11 is 12.0. The molecule has 2 aromatic carbocycles. The van der Waals surface area contributed by atoms with E-state index in [-0.39, 0.29) is 12.2 Å². The molecule has 0 heterocycles. The highest BCUT2D eigenvalue weighted by Gasteiger charge is 2.13. The zero-order valence-electron chi connectivity index (χ0n) is 12.8. The van der Waals surface area contributed by atoms with E-state index in [0.717, 1.165) is 0 Å². The number of hydrogen-bond acceptors (Lipinski definition) is 4. The molecule has 0 aliphatic carbocycles. The fourth-order valence-electron chi connectivity index (χ4n) is 1.96. The zero-order chi connectivity index (χ0) is 17.5. The van der Waals surface area contributed by atoms with E-state index in [1.54, 1.807) is 48.5 Å². The molecule has 0 bridgehead atoms. The van der Waals surface area contributed by atoms with Crippen LogP contribution < -0.4 is 4.74 Å². The Hall–Kier alpha value is -2.30. The fourth-order valence-corrected chi connectivity index (χ4v) is 2.42. The number of hydrogen-bond donors (Lipinski definition) is 0. The van der Waals surface area contributed by atoms with Crippen molar-refractivity contribution < 1.29 is 19.1 Å². The molecule has 4 nitrogen and oxygen atoms in total. The molecule has 24 heavy (non-hydrogen) atoms. The number of aldehydes is 1. The van der Waals surface area contributed by atoms with Crippen molar-refractivity contribution in [1.82, 2.24) is 0 Å². The second-order valence-corrected chi connectivity index (χ2v) is 5.61. The van der Waals surface area contributed by atoms with Crippen LogP contribution >= 0.6 is 23.2 Å². The van der Waals surface area contributed by atoms with Crippen LogP contribution in [0.5, 0.6) is 5.75 Å². The third kappa shape index (κ3) is 4.60. The van der Waals surface area contributed by atoms with Crippen LogP contribution in [-0.2, 0) is 9.53 Å². The predicted octanol–water partition coefficient (Wildman–Crippen LogP) is 4.44. The van der Waals surface area contributed by atoms with Crippen molar-refractivity contribution >= 4 is 41.5 Å². The molecule has 0 N–H and O–H groups in total. The van der Waals surface area contributed by atoms with Crippen LogP contribution in [0.2, 0.25) is 10.0 Å². The third-order valence-electron chi connectivity index (χ3n) is 3.17. The van der Waals surface area contributed by atoms with Crippen molar-refractivity contribution in [3.63, 3.8) is 0 Å². The van der Waals surface area contributed by atoms with Gasteiger partial charge in [-0.2, -0.15) is 0 Å². The van der Waals surface area contributed by atoms with Gasteiger partial charge in [-0.05, 0) is 35.9 Å². The number of ether oxygens (including phenoxy) is 2. The summed E-state index contributed by atoms with van der Waals surface area (Å²) in [4.78, 5) is 23.0. The lowest BCUT2D eigenvalue weighted by molar-refractivity contribution is -0.136. The highest BCUT2D eigenvalue weighted by atomic mass is 35.5. The SMILES string of the molecule is COC(=O)C(=Cc1ccc(Cl)cc1Cl)COc1ccccc1C=O. The summed E-state index contributed by atoms with van der Waals surface area (Å²) in [5, 5.41) is 0.894. The Kier molecular flexibility index (Phi) is 6.41. The minimum absolute atomic E-state index is 0.0729. The van der Waals surface area contributed by atoms with Gasteiger partial charge in [0.1, 0.15) is 12.4 Å². The normalized spacial score (nSPS) is 11.0. The molecule has 0 amide bonds. The molecule has 0 aromatic heterocycles. The Labute approximate surface area is 149 Å². The van der Waals surface area contributed by atoms with E-state index in [9.17, 15) is 9.59 Å². The van der Waals surface area contributed by atoms with Crippen LogP contribution in [0, 0.1) is 0 Å². The van der Waals surface area contributed by atoms with E-state index in [1.165, 1.54) is 7.11 Å². The van der Waals surface area contributed by atoms with E-state index in [1.807, 2.05) is 0 Å². The monoisotopic (exact) mass is 364 g/mol. The smallest absolute Gasteiger partial charge is 0.337 e. The van der Waals surface area contributed by atoms with Crippen molar-refractivity contribution in [2.45, 2.75) is 0 Å². The standard InChI is InChI=1S/C18H14Cl2O4/c1-23-18(22)14(8-12-6-7-15(19)9-16(12)20)11-24-17-5-3-2-4-13(17)10-21/h2-10H,11H2,1H3. The maximum atomic E-state index is 12.0. The number of rotatable bonds is 6. The van der Waals surface area contributed by atoms with Gasteiger partial charge in [-0.3, -0.25) is 4.79 Å². The maximum absolute atomic E-state index is 12.0. The summed E-state index contributed by atoms with van der Waals surface area (Å²) in [7, 11) is 1.28. The predicted molar refractivity (Wildman–Crippen MR) is 93.8 cm³/mol. The number of benzene rings is 2. The Morgan fingerprint density at radius 2 is 1.88 bits per heavy atom. The van der Waals surface area contributed by atoms with Crippen molar-refractivity contribution in [2.75, 3.05) is 13.7 Å². The van der Waals surface area contributed by atoms with Crippen molar-refractivity contribution in [2.24, 2.45) is 0 Å². The molecule has 0 saturated carbocycles. The first-order chi connectivity index (χ1) is 11.5. The fraction of sp³-hybridized carbons (Fsp3) is 0.111. The molecule has 2 aromatic rings. The van der Waals surface area contributed by atoms with Crippen molar-refractivity contribution in [3.05, 3.63) is 69.2 Å². The molecule has 0 saturated heterocycles. The van der Waals surface area contributed by atoms with Gasteiger partial charge >= 0.3 is 5.97 Å². The lowest BCUT2D eigenvalue weighted by atomic mass is 10.1. The van der Waals surface area contributed by atoms with E-state index >= 15 is 0 Å². The molecule has 0 aliphatic heterocycles. The number of carbonyl (C=O) groups excluding carboxylic acids is 2. The average Bonchev–Trinajstić information content (AvgIpc) is 2.59. The average molecular weight is 365 g/mol. The minimum atomic E-state index is -0.551. The topological polar surface area (TPSA) is 52.6 Å². The molecule has 6 heteroatoms. The third-order valence-corrected chi connectivity index (χ3v) is 3.73. The van der Waals surface area contributed by atoms with E-state index in [2.05, 4.69) is 0 Å². The molecule has 0 atom stereocenters. The van der Waals surface area contributed by atoms with E-state index in [4.69, 9.17) is 32.7 Å². The number of methoxy groups -OCH3 is 1. The summed E-state index contributed by atoms with van der Waals surface area (Å²) in [6.07, 6.45) is 2.25. The second-order valence-electron chi connectivity index (χ2n) is 4.77. The molecule has 2 rings (SSSR count). The van der Waals surface area contributed by atoms with Gasteiger partial charge in [-0.1, -0.05) is 41.4 Å². The lowest BCUT2D eigenvalue weighted by Crippen LogP contribution is -2.13. The molecular formula is C18H14Cl2O4. The van der Waals surface area contributed by atoms with Crippen LogP contribution in [0.3, 0.4) is 0 Å². The molecule has 0 unspecified atom stereocenters. The second kappa shape index (κ2) is 8.52. The molecule has 0 fully saturated rings. The first-order valence-electron chi connectivity index (χ1n) is 6.96. The van der Waals surface area contributed by atoms with Gasteiger partial charge in [0.05, 0.1) is 18.2 Å². The first-order valence-corrected chi connectivity index (χ1v) is 7.71. The summed E-state index contributed by atoms with van der Waals surface area (Å²) in [5.74, 6) is -0.172. The summed E-state index contributed by atoms with van der Waals surface area (Å²) in [6, 6.07) is 11.7. The number of para-hydroxylation sites is 1. The summed E-state index contributed by atoms with van der Waals surface area (Å²) in [6.45, 7) is -0.0729. The Morgan fingerprint density at radius 3 is 2.54 bits per heavy atom. The number of esters is 1. The summed E-state index contributed by atoms with van der Waals surface area (Å²) in [5.41, 5.74) is 1.25. The molecule has 124 valence electrons. The van der Waals surface area contributed by atoms with Gasteiger partial charge in [0.25, 0.3) is 0 Å². The molecule has 0 spiro atoms. The van der Waals surface area contributed by atoms with E-state index in [0.29, 0.717) is 33.2 Å². The van der Waals surface area contributed by atoms with Crippen LogP contribution in [0.4, 0.5) is 0 Å². The Bertz CT molecular complexity index is 784. The molecular weight excluding hydrogens is 351 g/mol. The molecule has 0 aliphatic rings. The van der Waals surface area contributed by atoms with Gasteiger partial charge in [0, 0.05) is 10.0 Å². The van der Waals surface area contributed by atoms with Gasteiger partial charge < -0.3 is 9.47 Å². The first kappa shape index (κ1) is 18.0. The largest absolute Gasteiger partial charge is 0.488 e. The van der Waals surface area contributed by atoms with Crippen LogP contribution in [-0.4, -0.2) is 26.0 Å². The van der Waals surface area contributed by atoms with Crippen LogP contribution in [0.25, 0.3) is 6.08 Å². The van der Waals surface area contributed by atoms with Crippen molar-refractivity contribution in [1.29, 1.82) is 0 Å². The highest BCUT2D eigenvalue weighted by molar-refractivity contribution is 6.35. The summed E-state index contributed by atoms with van der Waals surface area (Å²) < 4.78 is 10.3. The van der Waals surface area contributed by atoms with Gasteiger partial charge in [0.2, 0.25) is 0 Å². The highest BCUT2D eigenvalue weighted by Crippen LogP contribution is 2.24. The van der Waals surface area contributed by atoms with Crippen molar-refractivity contribution in [3.8, 4) is 5.75 Å². The molecule has 0 radical (unpaired) electrons. The quantitative estimate of drug-likeness (QED) is 0.431. The Morgan fingerprint density at radius 1 is 1.12 bits per heavy atom.